The number of nitrogens with zero attached hydrogens (tertiary/aromatic N) is 2. The van der Waals surface area contributed by atoms with E-state index in [1.54, 1.807) is 30.6 Å². The molecule has 5 aromatic rings. The van der Waals surface area contributed by atoms with E-state index in [2.05, 4.69) is 20.6 Å². The highest BCUT2D eigenvalue weighted by Gasteiger charge is 2.47. The summed E-state index contributed by atoms with van der Waals surface area (Å²) in [5.41, 5.74) is 4.60. The number of amides is 2. The summed E-state index contributed by atoms with van der Waals surface area (Å²) in [5.74, 6) is -0.602. The number of halogens is 1. The Bertz CT molecular complexity index is 1720. The smallest absolute Gasteiger partial charge is 0.255 e. The molecule has 0 radical (unpaired) electrons. The molecule has 1 saturated carbocycles. The lowest BCUT2D eigenvalue weighted by Crippen LogP contribution is -2.35. The van der Waals surface area contributed by atoms with Gasteiger partial charge in [-0.05, 0) is 85.5 Å². The van der Waals surface area contributed by atoms with Gasteiger partial charge >= 0.3 is 0 Å². The molecule has 7 nitrogen and oxygen atoms in total. The van der Waals surface area contributed by atoms with Gasteiger partial charge in [-0.2, -0.15) is 0 Å². The van der Waals surface area contributed by atoms with Crippen molar-refractivity contribution in [3.05, 3.63) is 107 Å². The molecule has 2 N–H and O–H groups in total. The highest BCUT2D eigenvalue weighted by molar-refractivity contribution is 6.11. The molecule has 0 aliphatic heterocycles. The average Bonchev–Trinajstić information content (AvgIpc) is 3.65. The van der Waals surface area contributed by atoms with Crippen molar-refractivity contribution in [2.45, 2.75) is 25.3 Å². The number of pyridine rings is 2. The van der Waals surface area contributed by atoms with Gasteiger partial charge in [-0.25, -0.2) is 9.37 Å². The Morgan fingerprint density at radius 1 is 0.949 bits per heavy atom. The fourth-order valence-electron chi connectivity index (χ4n) is 4.86. The number of hydrogen-bond acceptors (Lipinski definition) is 5. The number of rotatable bonds is 6. The highest BCUT2D eigenvalue weighted by Crippen LogP contribution is 2.44. The lowest BCUT2D eigenvalue weighted by atomic mass is 9.97. The summed E-state index contributed by atoms with van der Waals surface area (Å²) in [6, 6.07) is 18.8. The first kappa shape index (κ1) is 24.5. The summed E-state index contributed by atoms with van der Waals surface area (Å²) in [6.45, 7) is 1.95. The molecular weight excluding hydrogens is 495 g/mol. The second-order valence-electron chi connectivity index (χ2n) is 9.75. The summed E-state index contributed by atoms with van der Waals surface area (Å²) in [6.07, 6.45) is 5.08. The van der Waals surface area contributed by atoms with Crippen LogP contribution < -0.4 is 10.6 Å². The van der Waals surface area contributed by atoms with Gasteiger partial charge in [-0.15, -0.1) is 0 Å². The van der Waals surface area contributed by atoms with Crippen LogP contribution in [0.5, 0.6) is 0 Å². The van der Waals surface area contributed by atoms with E-state index in [9.17, 15) is 14.0 Å². The zero-order chi connectivity index (χ0) is 27.1. The molecule has 1 aliphatic carbocycles. The van der Waals surface area contributed by atoms with Gasteiger partial charge in [-0.3, -0.25) is 14.6 Å². The first-order valence-electron chi connectivity index (χ1n) is 12.6. The Morgan fingerprint density at radius 2 is 1.74 bits per heavy atom. The maximum Gasteiger partial charge on any atom is 0.255 e. The van der Waals surface area contributed by atoms with Gasteiger partial charge in [0, 0.05) is 36.1 Å². The number of nitrogens with one attached hydrogen (secondary N) is 2. The summed E-state index contributed by atoms with van der Waals surface area (Å²) in [5, 5.41) is 6.35. The summed E-state index contributed by atoms with van der Waals surface area (Å²) in [4.78, 5) is 35.2. The van der Waals surface area contributed by atoms with Crippen molar-refractivity contribution in [2.24, 2.45) is 0 Å². The maximum atomic E-state index is 13.5. The molecule has 194 valence electrons. The van der Waals surface area contributed by atoms with Crippen LogP contribution in [-0.2, 0) is 5.54 Å². The van der Waals surface area contributed by atoms with E-state index in [0.717, 1.165) is 35.2 Å². The molecule has 0 bridgehead atoms. The molecule has 3 heterocycles. The van der Waals surface area contributed by atoms with E-state index in [4.69, 9.17) is 4.42 Å². The minimum Gasteiger partial charge on any atom is -0.437 e. The third kappa shape index (κ3) is 4.44. The Balaban J connectivity index is 1.39. The average molecular weight is 521 g/mol. The molecule has 39 heavy (non-hydrogen) atoms. The zero-order valence-electron chi connectivity index (χ0n) is 21.4. The number of hydrogen-bond donors (Lipinski definition) is 2. The topological polar surface area (TPSA) is 97.1 Å². The van der Waals surface area contributed by atoms with E-state index < -0.39 is 5.54 Å². The molecule has 0 atom stereocenters. The van der Waals surface area contributed by atoms with Crippen LogP contribution in [0.3, 0.4) is 0 Å². The number of furan rings is 1. The van der Waals surface area contributed by atoms with E-state index in [1.165, 1.54) is 19.2 Å². The highest BCUT2D eigenvalue weighted by atomic mass is 19.1. The Morgan fingerprint density at radius 3 is 2.44 bits per heavy atom. The standard InChI is InChI=1S/C31H25FN4O3/c1-18-6-7-20(28(37)36-31(12-13-31)25-5-3-4-14-34-25)15-23(18)21-16-24-26(29(38)33-2)27(39-30(24)35-17-21)19-8-10-22(32)11-9-19/h3-11,14-17H,12-13H2,1-2H3,(H,33,38)(H,36,37). The molecule has 0 saturated heterocycles. The Hall–Kier alpha value is -4.85. The molecule has 8 heteroatoms. The van der Waals surface area contributed by atoms with Crippen molar-refractivity contribution in [1.82, 2.24) is 20.6 Å². The van der Waals surface area contributed by atoms with Crippen molar-refractivity contribution in [3.63, 3.8) is 0 Å². The first-order valence-corrected chi connectivity index (χ1v) is 12.6. The summed E-state index contributed by atoms with van der Waals surface area (Å²) >= 11 is 0. The fourth-order valence-corrected chi connectivity index (χ4v) is 4.86. The van der Waals surface area contributed by atoms with Crippen LogP contribution in [0, 0.1) is 12.7 Å². The van der Waals surface area contributed by atoms with Gasteiger partial charge < -0.3 is 15.1 Å². The monoisotopic (exact) mass is 520 g/mol. The van der Waals surface area contributed by atoms with Crippen LogP contribution in [0.4, 0.5) is 4.39 Å². The molecule has 6 rings (SSSR count). The van der Waals surface area contributed by atoms with Gasteiger partial charge in [0.05, 0.1) is 22.2 Å². The molecule has 1 fully saturated rings. The van der Waals surface area contributed by atoms with Crippen molar-refractivity contribution >= 4 is 22.9 Å². The van der Waals surface area contributed by atoms with Crippen LogP contribution in [0.15, 0.2) is 83.5 Å². The van der Waals surface area contributed by atoms with Crippen LogP contribution in [0.1, 0.15) is 44.8 Å². The van der Waals surface area contributed by atoms with Crippen LogP contribution in [-0.4, -0.2) is 28.8 Å². The number of carbonyl (C=O) groups is 2. The number of aromatic nitrogens is 2. The molecule has 0 spiro atoms. The van der Waals surface area contributed by atoms with Crippen molar-refractivity contribution in [3.8, 4) is 22.5 Å². The molecule has 1 aliphatic rings. The predicted molar refractivity (Wildman–Crippen MR) is 146 cm³/mol. The van der Waals surface area contributed by atoms with Gasteiger partial charge in [0.25, 0.3) is 11.8 Å². The lowest BCUT2D eigenvalue weighted by molar-refractivity contribution is 0.0928. The molecule has 3 aromatic heterocycles. The third-order valence-electron chi connectivity index (χ3n) is 7.18. The van der Waals surface area contributed by atoms with Crippen molar-refractivity contribution in [2.75, 3.05) is 7.05 Å². The predicted octanol–water partition coefficient (Wildman–Crippen LogP) is 5.78. The van der Waals surface area contributed by atoms with Gasteiger partial charge in [-0.1, -0.05) is 12.1 Å². The van der Waals surface area contributed by atoms with Crippen LogP contribution in [0.25, 0.3) is 33.6 Å². The van der Waals surface area contributed by atoms with Crippen LogP contribution in [0.2, 0.25) is 0 Å². The van der Waals surface area contributed by atoms with E-state index in [0.29, 0.717) is 27.8 Å². The minimum atomic E-state index is -0.431. The largest absolute Gasteiger partial charge is 0.437 e. The quantitative estimate of drug-likeness (QED) is 0.296. The minimum absolute atomic E-state index is 0.179. The lowest BCUT2D eigenvalue weighted by Gasteiger charge is -2.17. The summed E-state index contributed by atoms with van der Waals surface area (Å²) < 4.78 is 19.5. The molecule has 0 unspecified atom stereocenters. The number of benzene rings is 2. The zero-order valence-corrected chi connectivity index (χ0v) is 21.4. The second kappa shape index (κ2) is 9.47. The summed E-state index contributed by atoms with van der Waals surface area (Å²) in [7, 11) is 1.54. The van der Waals surface area contributed by atoms with Gasteiger partial charge in [0.15, 0.2) is 0 Å². The number of carbonyl (C=O) groups excluding carboxylic acids is 2. The number of aryl methyl sites for hydroxylation is 1. The normalized spacial score (nSPS) is 13.7. The van der Waals surface area contributed by atoms with Crippen molar-refractivity contribution < 1.29 is 18.4 Å². The van der Waals surface area contributed by atoms with Crippen molar-refractivity contribution in [1.29, 1.82) is 0 Å². The van der Waals surface area contributed by atoms with Gasteiger partial charge in [0.2, 0.25) is 5.71 Å². The van der Waals surface area contributed by atoms with Crippen LogP contribution >= 0.6 is 0 Å². The van der Waals surface area contributed by atoms with E-state index >= 15 is 0 Å². The molecule has 2 aromatic carbocycles. The molecular formula is C31H25FN4O3. The Labute approximate surface area is 224 Å². The fraction of sp³-hybridized carbons (Fsp3) is 0.161. The van der Waals surface area contributed by atoms with E-state index in [-0.39, 0.29) is 23.3 Å². The third-order valence-corrected chi connectivity index (χ3v) is 7.18. The first-order chi connectivity index (χ1) is 18.9. The maximum absolute atomic E-state index is 13.5. The Kier molecular flexibility index (Phi) is 5.95. The number of fused-ring (bicyclic) bond motifs is 1. The second-order valence-corrected chi connectivity index (χ2v) is 9.75. The molecule has 2 amide bonds. The van der Waals surface area contributed by atoms with E-state index in [1.807, 2.05) is 43.3 Å². The SMILES string of the molecule is CNC(=O)c1c(-c2ccc(F)cc2)oc2ncc(-c3cc(C(=O)NC4(c5ccccn5)CC4)ccc3C)cc12. The van der Waals surface area contributed by atoms with Gasteiger partial charge in [0.1, 0.15) is 11.6 Å².